The van der Waals surface area contributed by atoms with E-state index in [0.29, 0.717) is 12.3 Å². The third-order valence-electron chi connectivity index (χ3n) is 3.23. The second-order valence-corrected chi connectivity index (χ2v) is 4.70. The Morgan fingerprint density at radius 3 is 2.65 bits per heavy atom. The highest BCUT2D eigenvalue weighted by Crippen LogP contribution is 2.26. The third-order valence-corrected chi connectivity index (χ3v) is 3.23. The van der Waals surface area contributed by atoms with Gasteiger partial charge in [0.15, 0.2) is 11.5 Å². The molecule has 0 saturated heterocycles. The topological polar surface area (TPSA) is 61.7 Å². The second kappa shape index (κ2) is 6.30. The smallest absolute Gasteiger partial charge is 0.160 e. The van der Waals surface area contributed by atoms with Gasteiger partial charge < -0.3 is 20.3 Å². The van der Waals surface area contributed by atoms with Crippen LogP contribution < -0.4 is 10.1 Å². The van der Waals surface area contributed by atoms with E-state index in [-0.39, 0.29) is 17.5 Å². The van der Waals surface area contributed by atoms with Crippen molar-refractivity contribution in [2.24, 2.45) is 0 Å². The number of phenolic OH excluding ortho intramolecular Hbond substituents is 2. The van der Waals surface area contributed by atoms with Crippen molar-refractivity contribution >= 4 is 0 Å². The predicted molar refractivity (Wildman–Crippen MR) is 78.0 cm³/mol. The summed E-state index contributed by atoms with van der Waals surface area (Å²) in [5.41, 5.74) is 2.04. The van der Waals surface area contributed by atoms with Gasteiger partial charge in [-0.15, -0.1) is 0 Å². The number of phenols is 2. The predicted octanol–water partition coefficient (Wildman–Crippen LogP) is 2.96. The van der Waals surface area contributed by atoms with Crippen LogP contribution in [0.25, 0.3) is 0 Å². The van der Waals surface area contributed by atoms with Crippen molar-refractivity contribution < 1.29 is 14.9 Å². The largest absolute Gasteiger partial charge is 0.508 e. The first-order valence-electron chi connectivity index (χ1n) is 6.48. The summed E-state index contributed by atoms with van der Waals surface area (Å²) < 4.78 is 5.08. The standard InChI is InChI=1S/C16H19NO3/c1-11(13-4-3-5-14(18)9-13)17-10-12-6-7-15(19)16(8-12)20-2/h3-9,11,17-19H,10H2,1-2H3. The van der Waals surface area contributed by atoms with Gasteiger partial charge in [0.25, 0.3) is 0 Å². The number of aromatic hydroxyl groups is 2. The molecule has 2 rings (SSSR count). The van der Waals surface area contributed by atoms with Crippen LogP contribution in [0.4, 0.5) is 0 Å². The summed E-state index contributed by atoms with van der Waals surface area (Å²) in [6.07, 6.45) is 0. The molecule has 106 valence electrons. The van der Waals surface area contributed by atoms with Crippen LogP contribution in [0.2, 0.25) is 0 Å². The van der Waals surface area contributed by atoms with E-state index in [9.17, 15) is 10.2 Å². The zero-order valence-electron chi connectivity index (χ0n) is 11.6. The second-order valence-electron chi connectivity index (χ2n) is 4.70. The van der Waals surface area contributed by atoms with Crippen molar-refractivity contribution in [2.75, 3.05) is 7.11 Å². The number of hydrogen-bond donors (Lipinski definition) is 3. The Labute approximate surface area is 118 Å². The number of methoxy groups -OCH3 is 1. The van der Waals surface area contributed by atoms with Gasteiger partial charge in [-0.1, -0.05) is 18.2 Å². The minimum absolute atomic E-state index is 0.113. The van der Waals surface area contributed by atoms with Crippen molar-refractivity contribution in [1.29, 1.82) is 0 Å². The molecule has 0 amide bonds. The molecule has 2 aromatic carbocycles. The van der Waals surface area contributed by atoms with Crippen molar-refractivity contribution in [3.05, 3.63) is 53.6 Å². The Bertz CT molecular complexity index is 584. The molecule has 0 fully saturated rings. The van der Waals surface area contributed by atoms with Gasteiger partial charge in [0, 0.05) is 12.6 Å². The zero-order chi connectivity index (χ0) is 14.5. The molecule has 3 N–H and O–H groups in total. The lowest BCUT2D eigenvalue weighted by Crippen LogP contribution is -2.18. The maximum absolute atomic E-state index is 9.55. The van der Waals surface area contributed by atoms with Crippen molar-refractivity contribution in [3.63, 3.8) is 0 Å². The number of benzene rings is 2. The number of nitrogens with one attached hydrogen (secondary N) is 1. The van der Waals surface area contributed by atoms with E-state index >= 15 is 0 Å². The average molecular weight is 273 g/mol. The summed E-state index contributed by atoms with van der Waals surface area (Å²) in [6, 6.07) is 12.6. The van der Waals surface area contributed by atoms with E-state index in [1.165, 1.54) is 7.11 Å². The van der Waals surface area contributed by atoms with E-state index in [0.717, 1.165) is 11.1 Å². The SMILES string of the molecule is COc1cc(CNC(C)c2cccc(O)c2)ccc1O. The molecule has 4 heteroatoms. The normalized spacial score (nSPS) is 12.1. The van der Waals surface area contributed by atoms with Crippen LogP contribution in [0.3, 0.4) is 0 Å². The number of hydrogen-bond acceptors (Lipinski definition) is 4. The molecular formula is C16H19NO3. The van der Waals surface area contributed by atoms with Gasteiger partial charge in [-0.3, -0.25) is 0 Å². The fourth-order valence-electron chi connectivity index (χ4n) is 2.01. The summed E-state index contributed by atoms with van der Waals surface area (Å²) in [5.74, 6) is 0.869. The molecule has 1 unspecified atom stereocenters. The van der Waals surface area contributed by atoms with Gasteiger partial charge in [0.2, 0.25) is 0 Å². The molecule has 0 aliphatic rings. The van der Waals surface area contributed by atoms with Crippen LogP contribution in [0.5, 0.6) is 17.2 Å². The number of rotatable bonds is 5. The van der Waals surface area contributed by atoms with Crippen molar-refractivity contribution in [3.8, 4) is 17.2 Å². The molecule has 0 radical (unpaired) electrons. The molecule has 2 aromatic rings. The summed E-state index contributed by atoms with van der Waals surface area (Å²) in [5, 5.41) is 22.4. The van der Waals surface area contributed by atoms with Gasteiger partial charge in [-0.2, -0.15) is 0 Å². The highest BCUT2D eigenvalue weighted by atomic mass is 16.5. The average Bonchev–Trinajstić information content (AvgIpc) is 2.46. The molecular weight excluding hydrogens is 254 g/mol. The molecule has 4 nitrogen and oxygen atoms in total. The number of ether oxygens (including phenoxy) is 1. The van der Waals surface area contributed by atoms with Crippen molar-refractivity contribution in [1.82, 2.24) is 5.32 Å². The Hall–Kier alpha value is -2.20. The van der Waals surface area contributed by atoms with Crippen LogP contribution in [-0.2, 0) is 6.54 Å². The van der Waals surface area contributed by atoms with Crippen LogP contribution in [-0.4, -0.2) is 17.3 Å². The van der Waals surface area contributed by atoms with E-state index in [4.69, 9.17) is 4.74 Å². The molecule has 1 atom stereocenters. The van der Waals surface area contributed by atoms with Crippen LogP contribution in [0.15, 0.2) is 42.5 Å². The first-order chi connectivity index (χ1) is 9.60. The monoisotopic (exact) mass is 273 g/mol. The van der Waals surface area contributed by atoms with Crippen molar-refractivity contribution in [2.45, 2.75) is 19.5 Å². The maximum atomic E-state index is 9.55. The Balaban J connectivity index is 2.01. The zero-order valence-corrected chi connectivity index (χ0v) is 11.6. The fourth-order valence-corrected chi connectivity index (χ4v) is 2.01. The van der Waals surface area contributed by atoms with E-state index < -0.39 is 0 Å². The van der Waals surface area contributed by atoms with Crippen LogP contribution in [0, 0.1) is 0 Å². The molecule has 0 saturated carbocycles. The molecule has 0 bridgehead atoms. The highest BCUT2D eigenvalue weighted by Gasteiger charge is 2.07. The van der Waals surface area contributed by atoms with E-state index in [1.54, 1.807) is 24.3 Å². The molecule has 0 heterocycles. The quantitative estimate of drug-likeness (QED) is 0.784. The fraction of sp³-hybridized carbons (Fsp3) is 0.250. The van der Waals surface area contributed by atoms with Crippen LogP contribution >= 0.6 is 0 Å². The summed E-state index contributed by atoms with van der Waals surface area (Å²) in [7, 11) is 1.53. The minimum Gasteiger partial charge on any atom is -0.508 e. The molecule has 0 aliphatic heterocycles. The molecule has 0 aromatic heterocycles. The van der Waals surface area contributed by atoms with Gasteiger partial charge in [-0.25, -0.2) is 0 Å². The van der Waals surface area contributed by atoms with Gasteiger partial charge in [0.1, 0.15) is 5.75 Å². The Morgan fingerprint density at radius 1 is 1.15 bits per heavy atom. The maximum Gasteiger partial charge on any atom is 0.160 e. The van der Waals surface area contributed by atoms with E-state index in [1.807, 2.05) is 25.1 Å². The first kappa shape index (κ1) is 14.2. The van der Waals surface area contributed by atoms with Gasteiger partial charge in [-0.05, 0) is 42.3 Å². The lowest BCUT2D eigenvalue weighted by atomic mass is 10.1. The lowest BCUT2D eigenvalue weighted by molar-refractivity contribution is 0.372. The summed E-state index contributed by atoms with van der Waals surface area (Å²) in [6.45, 7) is 2.68. The Morgan fingerprint density at radius 2 is 1.95 bits per heavy atom. The Kier molecular flexibility index (Phi) is 4.48. The van der Waals surface area contributed by atoms with Gasteiger partial charge in [0.05, 0.1) is 7.11 Å². The summed E-state index contributed by atoms with van der Waals surface area (Å²) in [4.78, 5) is 0. The van der Waals surface area contributed by atoms with Crippen LogP contribution in [0.1, 0.15) is 24.1 Å². The molecule has 0 aliphatic carbocycles. The molecule has 0 spiro atoms. The lowest BCUT2D eigenvalue weighted by Gasteiger charge is -2.15. The van der Waals surface area contributed by atoms with E-state index in [2.05, 4.69) is 5.32 Å². The minimum atomic E-state index is 0.113. The highest BCUT2D eigenvalue weighted by molar-refractivity contribution is 5.41. The summed E-state index contributed by atoms with van der Waals surface area (Å²) >= 11 is 0. The molecule has 20 heavy (non-hydrogen) atoms. The van der Waals surface area contributed by atoms with Gasteiger partial charge >= 0.3 is 0 Å². The third kappa shape index (κ3) is 3.42. The first-order valence-corrected chi connectivity index (χ1v) is 6.48.